The molecule has 0 aliphatic rings. The van der Waals surface area contributed by atoms with Crippen LogP contribution in [0.25, 0.3) is 0 Å². The summed E-state index contributed by atoms with van der Waals surface area (Å²) in [5.41, 5.74) is -0.726. The predicted molar refractivity (Wildman–Crippen MR) is 41.1 cm³/mol. The topological polar surface area (TPSA) is 54.4 Å². The zero-order valence-corrected chi connectivity index (χ0v) is 7.13. The summed E-state index contributed by atoms with van der Waals surface area (Å²) in [4.78, 5) is 21.0. The van der Waals surface area contributed by atoms with Crippen LogP contribution in [0.15, 0.2) is 0 Å². The van der Waals surface area contributed by atoms with Crippen LogP contribution in [0.5, 0.6) is 0 Å². The molecule has 0 amide bonds. The molecule has 0 radical (unpaired) electrons. The number of ketones is 1. The van der Waals surface area contributed by atoms with Crippen molar-refractivity contribution < 1.29 is 14.7 Å². The smallest absolute Gasteiger partial charge is 0.200 e. The molecule has 0 aliphatic heterocycles. The van der Waals surface area contributed by atoms with E-state index in [1.54, 1.807) is 20.8 Å². The van der Waals surface area contributed by atoms with Crippen LogP contribution in [-0.2, 0) is 9.59 Å². The van der Waals surface area contributed by atoms with E-state index in [1.165, 1.54) is 0 Å². The Morgan fingerprint density at radius 3 is 2.36 bits per heavy atom. The molecule has 0 aliphatic carbocycles. The number of carbonyl (C=O) groups excluding carboxylic acids is 2. The van der Waals surface area contributed by atoms with E-state index in [4.69, 9.17) is 5.11 Å². The van der Waals surface area contributed by atoms with Crippen molar-refractivity contribution in [3.05, 3.63) is 0 Å². The Morgan fingerprint density at radius 2 is 2.09 bits per heavy atom. The zero-order chi connectivity index (χ0) is 9.07. The first-order valence-corrected chi connectivity index (χ1v) is 3.58. The second-order valence-corrected chi connectivity index (χ2v) is 3.42. The molecule has 0 aromatic carbocycles. The fourth-order valence-corrected chi connectivity index (χ4v) is 0.999. The molecule has 1 N–H and O–H groups in total. The van der Waals surface area contributed by atoms with Gasteiger partial charge in [-0.2, -0.15) is 0 Å². The summed E-state index contributed by atoms with van der Waals surface area (Å²) in [6.45, 7) is 4.90. The minimum atomic E-state index is -0.726. The molecular formula is C8H14O3. The Hall–Kier alpha value is -0.700. The maximum absolute atomic E-state index is 10.9. The van der Waals surface area contributed by atoms with Gasteiger partial charge in [0.25, 0.3) is 0 Å². The van der Waals surface area contributed by atoms with Crippen molar-refractivity contribution in [3.63, 3.8) is 0 Å². The van der Waals surface area contributed by atoms with Gasteiger partial charge in [-0.3, -0.25) is 9.59 Å². The van der Waals surface area contributed by atoms with Crippen molar-refractivity contribution in [2.75, 3.05) is 0 Å². The van der Waals surface area contributed by atoms with Crippen LogP contribution in [0.1, 0.15) is 27.2 Å². The summed E-state index contributed by atoms with van der Waals surface area (Å²) in [6.07, 6.45) is 0.0846. The normalized spacial score (nSPS) is 14.2. The Balaban J connectivity index is 4.20. The maximum Gasteiger partial charge on any atom is 0.200 e. The van der Waals surface area contributed by atoms with Gasteiger partial charge in [-0.05, 0) is 13.3 Å². The van der Waals surface area contributed by atoms with E-state index in [0.29, 0.717) is 12.7 Å². The van der Waals surface area contributed by atoms with E-state index in [-0.39, 0.29) is 0 Å². The number of rotatable bonds is 4. The van der Waals surface area contributed by atoms with Crippen LogP contribution in [-0.4, -0.2) is 23.3 Å². The van der Waals surface area contributed by atoms with E-state index in [1.807, 2.05) is 0 Å². The van der Waals surface area contributed by atoms with Crippen molar-refractivity contribution in [1.82, 2.24) is 0 Å². The molecule has 0 saturated heterocycles. The molecule has 1 unspecified atom stereocenters. The highest BCUT2D eigenvalue weighted by atomic mass is 16.3. The van der Waals surface area contributed by atoms with Crippen molar-refractivity contribution in [2.45, 2.75) is 33.3 Å². The Labute approximate surface area is 66.4 Å². The Morgan fingerprint density at radius 1 is 1.64 bits per heavy atom. The predicted octanol–water partition coefficient (Wildman–Crippen LogP) is 0.551. The van der Waals surface area contributed by atoms with Gasteiger partial charge in [0.05, 0.1) is 6.10 Å². The summed E-state index contributed by atoms with van der Waals surface area (Å²) in [6, 6.07) is 0. The first-order valence-electron chi connectivity index (χ1n) is 3.58. The van der Waals surface area contributed by atoms with E-state index < -0.39 is 17.3 Å². The molecule has 0 saturated carbocycles. The lowest BCUT2D eigenvalue weighted by molar-refractivity contribution is -0.136. The van der Waals surface area contributed by atoms with E-state index in [2.05, 4.69) is 0 Å². The first kappa shape index (κ1) is 10.3. The van der Waals surface area contributed by atoms with Gasteiger partial charge in [0.2, 0.25) is 5.78 Å². The molecule has 11 heavy (non-hydrogen) atoms. The molecule has 3 nitrogen and oxygen atoms in total. The molecule has 0 bridgehead atoms. The maximum atomic E-state index is 10.9. The highest BCUT2D eigenvalue weighted by Gasteiger charge is 2.28. The molecule has 0 spiro atoms. The third-order valence-corrected chi connectivity index (χ3v) is 1.58. The van der Waals surface area contributed by atoms with Gasteiger partial charge in [-0.1, -0.05) is 13.8 Å². The monoisotopic (exact) mass is 158 g/mol. The average molecular weight is 158 g/mol. The van der Waals surface area contributed by atoms with Gasteiger partial charge < -0.3 is 5.11 Å². The van der Waals surface area contributed by atoms with Gasteiger partial charge in [-0.15, -0.1) is 0 Å². The fourth-order valence-electron chi connectivity index (χ4n) is 0.999. The molecule has 0 aromatic rings. The van der Waals surface area contributed by atoms with Gasteiger partial charge >= 0.3 is 0 Å². The highest BCUT2D eigenvalue weighted by Crippen LogP contribution is 2.22. The number of aliphatic hydroxyl groups excluding tert-OH is 1. The molecule has 1 atom stereocenters. The minimum Gasteiger partial charge on any atom is -0.393 e. The molecule has 0 aromatic heterocycles. The number of hydrogen-bond donors (Lipinski definition) is 1. The largest absolute Gasteiger partial charge is 0.393 e. The number of aliphatic hydroxyl groups is 1. The standard InChI is InChI=1S/C8H14O3/c1-6(10)4-8(2,3)7(11)5-9/h5-6,10H,4H2,1-3H3. The third-order valence-electron chi connectivity index (χ3n) is 1.58. The summed E-state index contributed by atoms with van der Waals surface area (Å²) < 4.78 is 0. The van der Waals surface area contributed by atoms with Crippen LogP contribution in [0, 0.1) is 5.41 Å². The molecule has 3 heteroatoms. The number of hydrogen-bond acceptors (Lipinski definition) is 3. The van der Waals surface area contributed by atoms with Crippen LogP contribution in [0.3, 0.4) is 0 Å². The van der Waals surface area contributed by atoms with Crippen LogP contribution < -0.4 is 0 Å². The number of aldehydes is 1. The Bertz CT molecular complexity index is 159. The van der Waals surface area contributed by atoms with Gasteiger partial charge in [0.1, 0.15) is 0 Å². The lowest BCUT2D eigenvalue weighted by atomic mass is 9.83. The zero-order valence-electron chi connectivity index (χ0n) is 7.13. The Kier molecular flexibility index (Phi) is 3.39. The summed E-state index contributed by atoms with van der Waals surface area (Å²) in [5.74, 6) is -0.460. The third kappa shape index (κ3) is 3.28. The number of Topliss-reactive ketones (excluding diaryl/α,β-unsaturated/α-hetero) is 1. The molecule has 0 heterocycles. The quantitative estimate of drug-likeness (QED) is 0.480. The van der Waals surface area contributed by atoms with Crippen molar-refractivity contribution in [3.8, 4) is 0 Å². The van der Waals surface area contributed by atoms with Gasteiger partial charge in [0.15, 0.2) is 6.29 Å². The first-order chi connectivity index (χ1) is 4.90. The molecular weight excluding hydrogens is 144 g/mol. The number of carbonyl (C=O) groups is 2. The second-order valence-electron chi connectivity index (χ2n) is 3.42. The van der Waals surface area contributed by atoms with E-state index in [0.717, 1.165) is 0 Å². The summed E-state index contributed by atoms with van der Waals surface area (Å²) in [5, 5.41) is 8.96. The molecule has 0 rings (SSSR count). The summed E-state index contributed by atoms with van der Waals surface area (Å²) >= 11 is 0. The molecule has 0 fully saturated rings. The fraction of sp³-hybridized carbons (Fsp3) is 0.750. The van der Waals surface area contributed by atoms with Crippen LogP contribution in [0.4, 0.5) is 0 Å². The lowest BCUT2D eigenvalue weighted by Gasteiger charge is -2.21. The van der Waals surface area contributed by atoms with Crippen molar-refractivity contribution in [1.29, 1.82) is 0 Å². The van der Waals surface area contributed by atoms with Crippen molar-refractivity contribution in [2.24, 2.45) is 5.41 Å². The second kappa shape index (κ2) is 3.62. The average Bonchev–Trinajstić information content (AvgIpc) is 1.83. The van der Waals surface area contributed by atoms with Crippen LogP contribution >= 0.6 is 0 Å². The molecule has 64 valence electrons. The minimum absolute atomic E-state index is 0.308. The van der Waals surface area contributed by atoms with E-state index in [9.17, 15) is 9.59 Å². The van der Waals surface area contributed by atoms with Gasteiger partial charge in [-0.25, -0.2) is 0 Å². The van der Waals surface area contributed by atoms with E-state index >= 15 is 0 Å². The summed E-state index contributed by atoms with van der Waals surface area (Å²) in [7, 11) is 0. The SMILES string of the molecule is CC(O)CC(C)(C)C(=O)C=O. The van der Waals surface area contributed by atoms with Gasteiger partial charge in [0, 0.05) is 5.41 Å². The lowest BCUT2D eigenvalue weighted by Crippen LogP contribution is -2.28. The van der Waals surface area contributed by atoms with Crippen LogP contribution in [0.2, 0.25) is 0 Å². The van der Waals surface area contributed by atoms with Crippen molar-refractivity contribution >= 4 is 12.1 Å². The highest BCUT2D eigenvalue weighted by molar-refractivity contribution is 6.27.